The minimum Gasteiger partial charge on any atom is -0.488 e. The minimum atomic E-state index is -0.364. The Kier molecular flexibility index (Phi) is 9.21. The van der Waals surface area contributed by atoms with Crippen molar-refractivity contribution in [2.75, 3.05) is 20.2 Å². The van der Waals surface area contributed by atoms with E-state index in [4.69, 9.17) is 9.47 Å². The zero-order chi connectivity index (χ0) is 27.8. The molecule has 3 aromatic carbocycles. The number of esters is 1. The summed E-state index contributed by atoms with van der Waals surface area (Å²) in [6.45, 7) is 7.03. The Hall–Kier alpha value is -4.32. The Morgan fingerprint density at radius 3 is 2.26 bits per heavy atom. The third-order valence-corrected chi connectivity index (χ3v) is 6.85. The lowest BCUT2D eigenvalue weighted by atomic mass is 10.1. The van der Waals surface area contributed by atoms with Crippen LogP contribution in [0.4, 0.5) is 0 Å². The molecule has 0 saturated heterocycles. The molecule has 0 bridgehead atoms. The van der Waals surface area contributed by atoms with Gasteiger partial charge in [-0.2, -0.15) is 0 Å². The number of fused-ring (bicyclic) bond motifs is 1. The fourth-order valence-electron chi connectivity index (χ4n) is 4.60. The number of nitrogens with zero attached hydrogens (tertiary/aromatic N) is 2. The van der Waals surface area contributed by atoms with Gasteiger partial charge < -0.3 is 18.9 Å². The van der Waals surface area contributed by atoms with Gasteiger partial charge in [-0.25, -0.2) is 4.79 Å². The standard InChI is InChI=1S/C33H36N2O4/c1-5-38-33(37)24(2)21-28-25(3)35(22-31(36)34(4)20-19-26-13-8-6-9-14-26)29-17-12-18-30(32(28)29)39-23-27-15-10-7-11-16-27/h6-18,21H,5,19-20,22-23H2,1-4H3. The molecule has 1 heterocycles. The monoisotopic (exact) mass is 524 g/mol. The van der Waals surface area contributed by atoms with E-state index in [9.17, 15) is 9.59 Å². The van der Waals surface area contributed by atoms with Gasteiger partial charge in [-0.05, 0) is 56.5 Å². The van der Waals surface area contributed by atoms with Crippen molar-refractivity contribution in [2.24, 2.45) is 0 Å². The highest BCUT2D eigenvalue weighted by molar-refractivity contribution is 6.01. The lowest BCUT2D eigenvalue weighted by Crippen LogP contribution is -2.32. The summed E-state index contributed by atoms with van der Waals surface area (Å²) in [7, 11) is 1.84. The molecule has 0 atom stereocenters. The van der Waals surface area contributed by atoms with E-state index in [0.29, 0.717) is 31.1 Å². The van der Waals surface area contributed by atoms with Gasteiger partial charge in [-0.1, -0.05) is 66.7 Å². The molecule has 6 nitrogen and oxygen atoms in total. The van der Waals surface area contributed by atoms with Crippen molar-refractivity contribution in [1.29, 1.82) is 0 Å². The maximum absolute atomic E-state index is 13.3. The summed E-state index contributed by atoms with van der Waals surface area (Å²) in [4.78, 5) is 27.6. The van der Waals surface area contributed by atoms with Gasteiger partial charge in [0.05, 0.1) is 12.1 Å². The summed E-state index contributed by atoms with van der Waals surface area (Å²) in [6.07, 6.45) is 2.63. The Bertz CT molecular complexity index is 1460. The van der Waals surface area contributed by atoms with Gasteiger partial charge in [-0.3, -0.25) is 4.79 Å². The average Bonchev–Trinajstić information content (AvgIpc) is 3.22. The fraction of sp³-hybridized carbons (Fsp3) is 0.273. The van der Waals surface area contributed by atoms with Crippen molar-refractivity contribution < 1.29 is 19.1 Å². The van der Waals surface area contributed by atoms with Crippen LogP contribution in [0.25, 0.3) is 17.0 Å². The van der Waals surface area contributed by atoms with E-state index in [0.717, 1.165) is 34.1 Å². The number of rotatable bonds is 11. The lowest BCUT2D eigenvalue weighted by Gasteiger charge is -2.19. The SMILES string of the molecule is CCOC(=O)C(C)=Cc1c(C)n(CC(=O)N(C)CCc2ccccc2)c2cccc(OCc3ccccc3)c12. The van der Waals surface area contributed by atoms with Crippen LogP contribution in [0.2, 0.25) is 0 Å². The van der Waals surface area contributed by atoms with E-state index in [1.165, 1.54) is 5.56 Å². The predicted molar refractivity (Wildman–Crippen MR) is 156 cm³/mol. The summed E-state index contributed by atoms with van der Waals surface area (Å²) >= 11 is 0. The first-order chi connectivity index (χ1) is 18.9. The highest BCUT2D eigenvalue weighted by Gasteiger charge is 2.21. The van der Waals surface area contributed by atoms with Crippen LogP contribution in [0.1, 0.15) is 36.2 Å². The fourth-order valence-corrected chi connectivity index (χ4v) is 4.60. The van der Waals surface area contributed by atoms with Crippen LogP contribution in [0.15, 0.2) is 84.4 Å². The van der Waals surface area contributed by atoms with Gasteiger partial charge in [-0.15, -0.1) is 0 Å². The van der Waals surface area contributed by atoms with Crippen molar-refractivity contribution in [1.82, 2.24) is 9.47 Å². The Morgan fingerprint density at radius 1 is 0.923 bits per heavy atom. The lowest BCUT2D eigenvalue weighted by molar-refractivity contribution is -0.138. The number of likely N-dealkylation sites (N-methyl/N-ethyl adjacent to an activating group) is 1. The summed E-state index contributed by atoms with van der Waals surface area (Å²) < 4.78 is 13.5. The van der Waals surface area contributed by atoms with E-state index in [2.05, 4.69) is 12.1 Å². The van der Waals surface area contributed by atoms with Gasteiger partial charge in [0.1, 0.15) is 18.9 Å². The number of hydrogen-bond acceptors (Lipinski definition) is 4. The van der Waals surface area contributed by atoms with Crippen molar-refractivity contribution >= 4 is 28.9 Å². The largest absolute Gasteiger partial charge is 0.488 e. The van der Waals surface area contributed by atoms with Crippen molar-refractivity contribution in [2.45, 2.75) is 40.3 Å². The molecule has 0 spiro atoms. The molecule has 1 aromatic heterocycles. The van der Waals surface area contributed by atoms with Crippen LogP contribution >= 0.6 is 0 Å². The third kappa shape index (κ3) is 6.77. The van der Waals surface area contributed by atoms with Crippen LogP contribution < -0.4 is 4.74 Å². The second kappa shape index (κ2) is 13.0. The van der Waals surface area contributed by atoms with Crippen molar-refractivity contribution in [3.8, 4) is 5.75 Å². The van der Waals surface area contributed by atoms with Crippen molar-refractivity contribution in [3.05, 3.63) is 107 Å². The maximum Gasteiger partial charge on any atom is 0.333 e. The van der Waals surface area contributed by atoms with Crippen LogP contribution in [-0.2, 0) is 33.9 Å². The molecule has 1 amide bonds. The quantitative estimate of drug-likeness (QED) is 0.173. The van der Waals surface area contributed by atoms with Crippen LogP contribution in [0.3, 0.4) is 0 Å². The highest BCUT2D eigenvalue weighted by atomic mass is 16.5. The van der Waals surface area contributed by atoms with E-state index in [1.807, 2.05) is 91.3 Å². The zero-order valence-corrected chi connectivity index (χ0v) is 23.1. The normalized spacial score (nSPS) is 11.4. The molecule has 202 valence electrons. The molecule has 0 unspecified atom stereocenters. The third-order valence-electron chi connectivity index (χ3n) is 6.85. The second-order valence-corrected chi connectivity index (χ2v) is 9.61. The first kappa shape index (κ1) is 27.7. The number of amides is 1. The number of hydrogen-bond donors (Lipinski definition) is 0. The summed E-state index contributed by atoms with van der Waals surface area (Å²) in [5, 5.41) is 0.870. The summed E-state index contributed by atoms with van der Waals surface area (Å²) in [6, 6.07) is 26.0. The molecule has 0 N–H and O–H groups in total. The first-order valence-corrected chi connectivity index (χ1v) is 13.3. The predicted octanol–water partition coefficient (Wildman–Crippen LogP) is 6.20. The number of ether oxygens (including phenoxy) is 2. The van der Waals surface area contributed by atoms with E-state index < -0.39 is 0 Å². The van der Waals surface area contributed by atoms with Crippen molar-refractivity contribution in [3.63, 3.8) is 0 Å². The Balaban J connectivity index is 1.67. The smallest absolute Gasteiger partial charge is 0.333 e. The molecular formula is C33H36N2O4. The molecule has 0 aliphatic heterocycles. The number of aromatic nitrogens is 1. The summed E-state index contributed by atoms with van der Waals surface area (Å²) in [5.41, 5.74) is 5.35. The second-order valence-electron chi connectivity index (χ2n) is 9.61. The van der Waals surface area contributed by atoms with Gasteiger partial charge >= 0.3 is 5.97 Å². The molecule has 6 heteroatoms. The molecule has 0 aliphatic rings. The number of carbonyl (C=O) groups is 2. The summed E-state index contributed by atoms with van der Waals surface area (Å²) in [5.74, 6) is 0.349. The first-order valence-electron chi connectivity index (χ1n) is 13.3. The molecule has 0 radical (unpaired) electrons. The molecule has 4 rings (SSSR count). The van der Waals surface area contributed by atoms with Crippen LogP contribution in [0, 0.1) is 6.92 Å². The van der Waals surface area contributed by atoms with E-state index in [-0.39, 0.29) is 18.4 Å². The number of carbonyl (C=O) groups excluding carboxylic acids is 2. The minimum absolute atomic E-state index is 0.0131. The van der Waals surface area contributed by atoms with Crippen LogP contribution in [-0.4, -0.2) is 41.5 Å². The average molecular weight is 525 g/mol. The molecule has 0 fully saturated rings. The Morgan fingerprint density at radius 2 is 1.59 bits per heavy atom. The van der Waals surface area contributed by atoms with Gasteiger partial charge in [0.2, 0.25) is 5.91 Å². The maximum atomic E-state index is 13.3. The van der Waals surface area contributed by atoms with E-state index in [1.54, 1.807) is 18.7 Å². The van der Waals surface area contributed by atoms with Gasteiger partial charge in [0.25, 0.3) is 0 Å². The van der Waals surface area contributed by atoms with Gasteiger partial charge in [0, 0.05) is 35.8 Å². The topological polar surface area (TPSA) is 60.8 Å². The zero-order valence-electron chi connectivity index (χ0n) is 23.1. The molecule has 0 aliphatic carbocycles. The highest BCUT2D eigenvalue weighted by Crippen LogP contribution is 2.36. The molecular weight excluding hydrogens is 488 g/mol. The molecule has 39 heavy (non-hydrogen) atoms. The van der Waals surface area contributed by atoms with E-state index >= 15 is 0 Å². The molecule has 0 saturated carbocycles. The number of benzene rings is 3. The molecule has 4 aromatic rings. The van der Waals surface area contributed by atoms with Gasteiger partial charge in [0.15, 0.2) is 0 Å². The van der Waals surface area contributed by atoms with Crippen LogP contribution in [0.5, 0.6) is 5.75 Å². The Labute approximate surface area is 230 Å².